The van der Waals surface area contributed by atoms with E-state index in [0.717, 1.165) is 12.1 Å². The summed E-state index contributed by atoms with van der Waals surface area (Å²) in [5.74, 6) is 0.675. The van der Waals surface area contributed by atoms with E-state index in [9.17, 15) is 0 Å². The van der Waals surface area contributed by atoms with Gasteiger partial charge < -0.3 is 10.1 Å². The minimum Gasteiger partial charge on any atom is -0.365 e. The first-order valence-corrected chi connectivity index (χ1v) is 5.11. The number of ether oxygens (including phenoxy) is 1. The molecule has 1 aliphatic heterocycles. The summed E-state index contributed by atoms with van der Waals surface area (Å²) in [6.07, 6.45) is 13.7. The fourth-order valence-corrected chi connectivity index (χ4v) is 2.61. The molecule has 1 fully saturated rings. The Morgan fingerprint density at radius 3 is 2.93 bits per heavy atom. The Balaban J connectivity index is 1.97. The van der Waals surface area contributed by atoms with Crippen LogP contribution in [-0.4, -0.2) is 17.9 Å². The number of allylic oxidation sites excluding steroid dienone is 3. The third-order valence-corrected chi connectivity index (χ3v) is 3.27. The lowest BCUT2D eigenvalue weighted by atomic mass is 9.78. The highest BCUT2D eigenvalue weighted by Gasteiger charge is 2.44. The SMILES string of the molecule is N=C1CC=CC2OC3C=CC=CC3C12. The molecule has 0 saturated carbocycles. The van der Waals surface area contributed by atoms with Crippen molar-refractivity contribution in [1.82, 2.24) is 0 Å². The Kier molecular flexibility index (Phi) is 1.71. The smallest absolute Gasteiger partial charge is 0.0851 e. The zero-order chi connectivity index (χ0) is 9.54. The van der Waals surface area contributed by atoms with Crippen molar-refractivity contribution in [3.8, 4) is 0 Å². The van der Waals surface area contributed by atoms with E-state index in [0.29, 0.717) is 5.92 Å². The van der Waals surface area contributed by atoms with Crippen molar-refractivity contribution in [2.75, 3.05) is 0 Å². The van der Waals surface area contributed by atoms with Crippen molar-refractivity contribution < 1.29 is 4.74 Å². The lowest BCUT2D eigenvalue weighted by Gasteiger charge is -2.23. The summed E-state index contributed by atoms with van der Waals surface area (Å²) < 4.78 is 5.87. The third kappa shape index (κ3) is 1.04. The number of hydrogen-bond donors (Lipinski definition) is 1. The second-order valence-electron chi connectivity index (χ2n) is 4.10. The summed E-state index contributed by atoms with van der Waals surface area (Å²) in [5.41, 5.74) is 0.824. The van der Waals surface area contributed by atoms with Crippen molar-refractivity contribution >= 4 is 5.71 Å². The highest BCUT2D eigenvalue weighted by molar-refractivity contribution is 5.88. The third-order valence-electron chi connectivity index (χ3n) is 3.27. The molecule has 0 aromatic rings. The molecule has 1 heterocycles. The summed E-state index contributed by atoms with van der Waals surface area (Å²) in [6.45, 7) is 0. The Morgan fingerprint density at radius 1 is 1.14 bits per heavy atom. The number of hydrogen-bond acceptors (Lipinski definition) is 2. The van der Waals surface area contributed by atoms with Crippen LogP contribution in [0.2, 0.25) is 0 Å². The Morgan fingerprint density at radius 2 is 2.00 bits per heavy atom. The summed E-state index contributed by atoms with van der Waals surface area (Å²) in [5, 5.41) is 7.95. The van der Waals surface area contributed by atoms with Crippen LogP contribution in [0.15, 0.2) is 36.5 Å². The van der Waals surface area contributed by atoms with Crippen LogP contribution in [0.25, 0.3) is 0 Å². The lowest BCUT2D eigenvalue weighted by Crippen LogP contribution is -2.29. The molecule has 4 unspecified atom stereocenters. The van der Waals surface area contributed by atoms with Gasteiger partial charge >= 0.3 is 0 Å². The molecule has 0 aromatic heterocycles. The van der Waals surface area contributed by atoms with Gasteiger partial charge in [0.2, 0.25) is 0 Å². The Labute approximate surface area is 83.5 Å². The Bertz CT molecular complexity index is 353. The van der Waals surface area contributed by atoms with Crippen molar-refractivity contribution in [2.45, 2.75) is 18.6 Å². The van der Waals surface area contributed by atoms with Gasteiger partial charge in [-0.15, -0.1) is 0 Å². The van der Waals surface area contributed by atoms with E-state index < -0.39 is 0 Å². The van der Waals surface area contributed by atoms with Crippen LogP contribution in [0.4, 0.5) is 0 Å². The van der Waals surface area contributed by atoms with Crippen LogP contribution in [0, 0.1) is 17.2 Å². The molecule has 2 aliphatic carbocycles. The van der Waals surface area contributed by atoms with Crippen molar-refractivity contribution in [3.63, 3.8) is 0 Å². The molecule has 72 valence electrons. The van der Waals surface area contributed by atoms with Crippen LogP contribution in [-0.2, 0) is 4.74 Å². The quantitative estimate of drug-likeness (QED) is 0.579. The van der Waals surface area contributed by atoms with Crippen LogP contribution >= 0.6 is 0 Å². The standard InChI is InChI=1S/C12H13NO/c13-9-5-3-7-11-12(9)8-4-1-2-6-10(8)14-11/h1-4,6-8,10-13H,5H2. The lowest BCUT2D eigenvalue weighted by molar-refractivity contribution is 0.0891. The van der Waals surface area contributed by atoms with Crippen molar-refractivity contribution in [1.29, 1.82) is 5.41 Å². The highest BCUT2D eigenvalue weighted by atomic mass is 16.5. The van der Waals surface area contributed by atoms with Crippen molar-refractivity contribution in [2.24, 2.45) is 11.8 Å². The number of nitrogens with one attached hydrogen (secondary N) is 1. The van der Waals surface area contributed by atoms with Gasteiger partial charge in [0.15, 0.2) is 0 Å². The van der Waals surface area contributed by atoms with E-state index in [1.807, 2.05) is 12.2 Å². The summed E-state index contributed by atoms with van der Waals surface area (Å²) >= 11 is 0. The molecule has 0 bridgehead atoms. The summed E-state index contributed by atoms with van der Waals surface area (Å²) in [7, 11) is 0. The summed E-state index contributed by atoms with van der Waals surface area (Å²) in [6, 6.07) is 0. The molecule has 2 heteroatoms. The predicted molar refractivity (Wildman–Crippen MR) is 55.4 cm³/mol. The first kappa shape index (κ1) is 8.18. The van der Waals surface area contributed by atoms with Gasteiger partial charge in [-0.3, -0.25) is 0 Å². The van der Waals surface area contributed by atoms with E-state index >= 15 is 0 Å². The number of rotatable bonds is 0. The fraction of sp³-hybridized carbons (Fsp3) is 0.417. The fourth-order valence-electron chi connectivity index (χ4n) is 2.61. The molecule has 3 rings (SSSR count). The maximum Gasteiger partial charge on any atom is 0.0851 e. The first-order valence-electron chi connectivity index (χ1n) is 5.11. The molecule has 1 N–H and O–H groups in total. The second kappa shape index (κ2) is 2.92. The van der Waals surface area contributed by atoms with Crippen LogP contribution in [0.5, 0.6) is 0 Å². The van der Waals surface area contributed by atoms with E-state index in [1.165, 1.54) is 0 Å². The monoisotopic (exact) mass is 187 g/mol. The Hall–Kier alpha value is -1.15. The van der Waals surface area contributed by atoms with Crippen LogP contribution in [0.1, 0.15) is 6.42 Å². The van der Waals surface area contributed by atoms with Gasteiger partial charge in [-0.25, -0.2) is 0 Å². The molecule has 1 saturated heterocycles. The van der Waals surface area contributed by atoms with Gasteiger partial charge in [-0.1, -0.05) is 36.5 Å². The zero-order valence-electron chi connectivity index (χ0n) is 7.89. The molecule has 14 heavy (non-hydrogen) atoms. The van der Waals surface area contributed by atoms with Gasteiger partial charge in [0, 0.05) is 24.0 Å². The van der Waals surface area contributed by atoms with Crippen LogP contribution in [0.3, 0.4) is 0 Å². The molecule has 0 aromatic carbocycles. The molecule has 0 amide bonds. The van der Waals surface area contributed by atoms with Gasteiger partial charge in [0.1, 0.15) is 0 Å². The van der Waals surface area contributed by atoms with Gasteiger partial charge in [-0.05, 0) is 0 Å². The molecular formula is C12H13NO. The minimum atomic E-state index is 0.138. The number of fused-ring (bicyclic) bond motifs is 3. The minimum absolute atomic E-state index is 0.138. The van der Waals surface area contributed by atoms with E-state index in [2.05, 4.69) is 24.3 Å². The molecule has 2 nitrogen and oxygen atoms in total. The van der Waals surface area contributed by atoms with Crippen LogP contribution < -0.4 is 0 Å². The average Bonchev–Trinajstić information content (AvgIpc) is 2.57. The van der Waals surface area contributed by atoms with Crippen molar-refractivity contribution in [3.05, 3.63) is 36.5 Å². The molecule has 0 spiro atoms. The van der Waals surface area contributed by atoms with E-state index in [4.69, 9.17) is 10.1 Å². The van der Waals surface area contributed by atoms with E-state index in [1.54, 1.807) is 0 Å². The maximum atomic E-state index is 7.95. The maximum absolute atomic E-state index is 7.95. The topological polar surface area (TPSA) is 33.1 Å². The highest BCUT2D eigenvalue weighted by Crippen LogP contribution is 2.39. The molecule has 0 radical (unpaired) electrons. The predicted octanol–water partition coefficient (Wildman–Crippen LogP) is 2.09. The molecular weight excluding hydrogens is 174 g/mol. The average molecular weight is 187 g/mol. The van der Waals surface area contributed by atoms with E-state index in [-0.39, 0.29) is 18.1 Å². The van der Waals surface area contributed by atoms with Gasteiger partial charge in [-0.2, -0.15) is 0 Å². The normalized spacial score (nSPS) is 43.9. The van der Waals surface area contributed by atoms with Gasteiger partial charge in [0.25, 0.3) is 0 Å². The molecule has 4 atom stereocenters. The zero-order valence-corrected chi connectivity index (χ0v) is 7.89. The largest absolute Gasteiger partial charge is 0.365 e. The van der Waals surface area contributed by atoms with Gasteiger partial charge in [0.05, 0.1) is 12.2 Å². The molecule has 3 aliphatic rings. The second-order valence-corrected chi connectivity index (χ2v) is 4.10. The summed E-state index contributed by atoms with van der Waals surface area (Å²) in [4.78, 5) is 0. The first-order chi connectivity index (χ1) is 6.86.